The minimum Gasteiger partial charge on any atom is -0.494 e. The number of hydrogen-bond donors (Lipinski definition) is 0. The van der Waals surface area contributed by atoms with Gasteiger partial charge in [-0.1, -0.05) is 50.1 Å². The summed E-state index contributed by atoms with van der Waals surface area (Å²) in [6.45, 7) is 3.06. The van der Waals surface area contributed by atoms with Crippen LogP contribution in [0, 0.1) is 0 Å². The average Bonchev–Trinajstić information content (AvgIpc) is 2.15. The van der Waals surface area contributed by atoms with E-state index in [1.807, 2.05) is 0 Å². The lowest BCUT2D eigenvalue weighted by Gasteiger charge is -2.14. The third-order valence-electron chi connectivity index (χ3n) is 2.24. The van der Waals surface area contributed by atoms with Crippen molar-refractivity contribution in [3.8, 4) is 0 Å². The minimum absolute atomic E-state index is 0.882. The van der Waals surface area contributed by atoms with E-state index in [-0.39, 0.29) is 0 Å². The molecule has 0 atom stereocenters. The molecule has 0 rings (SSSR count). The Hall–Kier alpha value is 0.282. The van der Waals surface area contributed by atoms with Crippen LogP contribution in [0.5, 0.6) is 0 Å². The van der Waals surface area contributed by atoms with Gasteiger partial charge in [0.2, 0.25) is 0 Å². The molecule has 0 aliphatic rings. The predicted octanol–water partition coefficient (Wildman–Crippen LogP) is 4.16. The second-order valence-electron chi connectivity index (χ2n) is 3.83. The fourth-order valence-electron chi connectivity index (χ4n) is 1.39. The van der Waals surface area contributed by atoms with Crippen molar-refractivity contribution in [1.82, 2.24) is 0 Å². The van der Waals surface area contributed by atoms with Crippen molar-refractivity contribution in [2.45, 2.75) is 56.3 Å². The molecule has 1 nitrogen and oxygen atoms in total. The van der Waals surface area contributed by atoms with Crippen LogP contribution < -0.4 is 0 Å². The summed E-state index contributed by atoms with van der Waals surface area (Å²) in [6, 6.07) is 0. The van der Waals surface area contributed by atoms with Crippen molar-refractivity contribution in [3.63, 3.8) is 0 Å². The second-order valence-corrected chi connectivity index (χ2v) is 6.56. The largest absolute Gasteiger partial charge is 0.494 e. The first kappa shape index (κ1) is 15.3. The third-order valence-corrected chi connectivity index (χ3v) is 4.98. The summed E-state index contributed by atoms with van der Waals surface area (Å²) in [5, 5.41) is 1.76. The lowest BCUT2D eigenvalue weighted by atomic mass is 10.4. The summed E-state index contributed by atoms with van der Waals surface area (Å²) >= 11 is -1.59. The van der Waals surface area contributed by atoms with Gasteiger partial charge in [0.15, 0.2) is 0 Å². The van der Waals surface area contributed by atoms with E-state index in [1.165, 1.54) is 0 Å². The van der Waals surface area contributed by atoms with Crippen LogP contribution in [0.1, 0.15) is 39.5 Å². The van der Waals surface area contributed by atoms with Gasteiger partial charge in [0.1, 0.15) is 6.61 Å². The molecule has 0 radical (unpaired) electrons. The molecule has 0 aliphatic carbocycles. The Kier molecular flexibility index (Phi) is 8.60. The van der Waals surface area contributed by atoms with Crippen LogP contribution >= 0.6 is 0 Å². The van der Waals surface area contributed by atoms with Gasteiger partial charge in [-0.3, -0.25) is 0 Å². The molecule has 0 unspecified atom stereocenters. The number of rotatable bonds is 8. The van der Waals surface area contributed by atoms with Crippen molar-refractivity contribution in [2.24, 2.45) is 0 Å². The Balaban J connectivity index is 3.78. The van der Waals surface area contributed by atoms with Crippen molar-refractivity contribution >= 4 is 14.5 Å². The molecule has 0 saturated carbocycles. The van der Waals surface area contributed by atoms with E-state index in [4.69, 9.17) is 3.79 Å². The van der Waals surface area contributed by atoms with Gasteiger partial charge in [0, 0.05) is 0 Å². The second kappa shape index (κ2) is 8.44. The zero-order chi connectivity index (χ0) is 11.7. The highest BCUT2D eigenvalue weighted by Gasteiger charge is 2.30. The van der Waals surface area contributed by atoms with E-state index in [1.54, 1.807) is 0 Å². The van der Waals surface area contributed by atoms with Gasteiger partial charge in [-0.05, 0) is 0 Å². The summed E-state index contributed by atoms with van der Waals surface area (Å²) in [6.07, 6.45) is -0.101. The minimum atomic E-state index is -4.16. The highest BCUT2D eigenvalue weighted by molar-refractivity contribution is 6.51. The molecular weight excluding hydrogens is 220 g/mol. The molecule has 0 amide bonds. The fraction of sp³-hybridized carbons (Fsp3) is 1.00. The molecule has 5 heteroatoms. The molecule has 0 bridgehead atoms. The van der Waals surface area contributed by atoms with Crippen molar-refractivity contribution in [3.05, 3.63) is 0 Å². The Bertz CT molecular complexity index is 142. The van der Waals surface area contributed by atoms with Gasteiger partial charge in [-0.15, -0.1) is 0 Å². The summed E-state index contributed by atoms with van der Waals surface area (Å²) in [5.74, 6) is 0. The first-order valence-corrected chi connectivity index (χ1v) is 7.78. The van der Waals surface area contributed by atoms with Crippen LogP contribution in [-0.2, 0) is 3.79 Å². The molecule has 0 heterocycles. The SMILES string of the molecule is CCC[CH2][Al]([CH2]CCC)[O]CC(F)(F)F. The van der Waals surface area contributed by atoms with E-state index < -0.39 is 27.3 Å². The third kappa shape index (κ3) is 10.6. The lowest BCUT2D eigenvalue weighted by Crippen LogP contribution is -2.26. The molecule has 0 N–H and O–H groups in total. The number of halogens is 3. The van der Waals surface area contributed by atoms with Crippen LogP contribution in [-0.4, -0.2) is 27.3 Å². The van der Waals surface area contributed by atoms with Gasteiger partial charge in [-0.25, -0.2) is 0 Å². The van der Waals surface area contributed by atoms with Gasteiger partial charge in [-0.2, -0.15) is 13.2 Å². The van der Waals surface area contributed by atoms with Gasteiger partial charge in [0.25, 0.3) is 0 Å². The van der Waals surface area contributed by atoms with E-state index >= 15 is 0 Å². The van der Waals surface area contributed by atoms with Crippen molar-refractivity contribution in [2.75, 3.05) is 6.61 Å². The van der Waals surface area contributed by atoms with Crippen LogP contribution in [0.25, 0.3) is 0 Å². The summed E-state index contributed by atoms with van der Waals surface area (Å²) in [4.78, 5) is 0. The number of hydrogen-bond acceptors (Lipinski definition) is 1. The monoisotopic (exact) mass is 240 g/mol. The molecule has 0 aliphatic heterocycles. The average molecular weight is 240 g/mol. The molecule has 0 aromatic rings. The molecule has 0 saturated heterocycles. The molecule has 90 valence electrons. The van der Waals surface area contributed by atoms with Crippen molar-refractivity contribution < 1.29 is 17.0 Å². The summed E-state index contributed by atoms with van der Waals surface area (Å²) in [5.41, 5.74) is 0. The normalized spacial score (nSPS) is 11.8. The van der Waals surface area contributed by atoms with Gasteiger partial charge < -0.3 is 3.79 Å². The van der Waals surface area contributed by atoms with E-state index in [0.29, 0.717) is 0 Å². The molecular formula is C10H20AlF3O. The number of unbranched alkanes of at least 4 members (excludes halogenated alkanes) is 2. The summed E-state index contributed by atoms with van der Waals surface area (Å²) < 4.78 is 40.9. The van der Waals surface area contributed by atoms with Gasteiger partial charge >= 0.3 is 20.7 Å². The Morgan fingerprint density at radius 1 is 1.00 bits per heavy atom. The number of alkyl halides is 3. The van der Waals surface area contributed by atoms with Crippen LogP contribution in [0.3, 0.4) is 0 Å². The molecule has 0 fully saturated rings. The van der Waals surface area contributed by atoms with Crippen LogP contribution in [0.2, 0.25) is 10.6 Å². The van der Waals surface area contributed by atoms with Crippen LogP contribution in [0.15, 0.2) is 0 Å². The smallest absolute Gasteiger partial charge is 0.460 e. The predicted molar refractivity (Wildman–Crippen MR) is 57.2 cm³/mol. The molecule has 0 aromatic carbocycles. The molecule has 0 spiro atoms. The maximum absolute atomic E-state index is 12.0. The standard InChI is InChI=1S/2C4H9.C2H2F3O.Al/c2*1-3-4-2;3-2(4,5)1-6;/h2*1,3-4H2,2H3;1H2;/q;;-1;+1. The Morgan fingerprint density at radius 2 is 1.47 bits per heavy atom. The highest BCUT2D eigenvalue weighted by Crippen LogP contribution is 2.18. The zero-order valence-corrected chi connectivity index (χ0v) is 10.7. The maximum atomic E-state index is 12.0. The molecule has 15 heavy (non-hydrogen) atoms. The first-order valence-electron chi connectivity index (χ1n) is 5.68. The fourth-order valence-corrected chi connectivity index (χ4v) is 4.16. The summed E-state index contributed by atoms with van der Waals surface area (Å²) in [7, 11) is 0. The first-order chi connectivity index (χ1) is 6.99. The Morgan fingerprint density at radius 3 is 1.80 bits per heavy atom. The van der Waals surface area contributed by atoms with E-state index in [2.05, 4.69) is 13.8 Å². The van der Waals surface area contributed by atoms with E-state index in [0.717, 1.165) is 36.2 Å². The van der Waals surface area contributed by atoms with E-state index in [9.17, 15) is 13.2 Å². The topological polar surface area (TPSA) is 9.23 Å². The highest BCUT2D eigenvalue weighted by atomic mass is 27.2. The Labute approximate surface area is 94.7 Å². The zero-order valence-electron chi connectivity index (χ0n) is 9.57. The lowest BCUT2D eigenvalue weighted by molar-refractivity contribution is -0.154. The maximum Gasteiger partial charge on any atom is 0.460 e. The van der Waals surface area contributed by atoms with Crippen LogP contribution in [0.4, 0.5) is 13.2 Å². The molecule has 0 aromatic heterocycles. The van der Waals surface area contributed by atoms with Crippen molar-refractivity contribution in [1.29, 1.82) is 0 Å². The van der Waals surface area contributed by atoms with Gasteiger partial charge in [0.05, 0.1) is 0 Å². The quantitative estimate of drug-likeness (QED) is 0.579.